The van der Waals surface area contributed by atoms with Crippen molar-refractivity contribution in [3.63, 3.8) is 0 Å². The topological polar surface area (TPSA) is 38.9 Å². The average Bonchev–Trinajstić information content (AvgIpc) is 2.87. The van der Waals surface area contributed by atoms with Gasteiger partial charge >= 0.3 is 0 Å². The zero-order chi connectivity index (χ0) is 14.7. The van der Waals surface area contributed by atoms with E-state index in [1.807, 2.05) is 24.3 Å². The van der Waals surface area contributed by atoms with Gasteiger partial charge in [-0.3, -0.25) is 0 Å². The van der Waals surface area contributed by atoms with Gasteiger partial charge in [-0.15, -0.1) is 23.1 Å². The quantitative estimate of drug-likeness (QED) is 0.652. The molecule has 21 heavy (non-hydrogen) atoms. The standard InChI is InChI=1S/C16H15BrN2S2/c17-11-4-3-5-13(8-11)20-10-12(18)9-16-19-14-6-1-2-7-15(14)21-16/h1-8,12H,9-10,18H2. The third kappa shape index (κ3) is 4.07. The fraction of sp³-hybridized carbons (Fsp3) is 0.188. The Morgan fingerprint density at radius 2 is 2.05 bits per heavy atom. The maximum atomic E-state index is 6.25. The van der Waals surface area contributed by atoms with Gasteiger partial charge in [0.15, 0.2) is 0 Å². The number of thiazole rings is 1. The fourth-order valence-corrected chi connectivity index (χ4v) is 4.57. The lowest BCUT2D eigenvalue weighted by molar-refractivity contribution is 0.745. The van der Waals surface area contributed by atoms with Crippen molar-refractivity contribution in [1.82, 2.24) is 4.98 Å². The van der Waals surface area contributed by atoms with Crippen LogP contribution in [0.1, 0.15) is 5.01 Å². The van der Waals surface area contributed by atoms with Gasteiger partial charge in [0.1, 0.15) is 0 Å². The summed E-state index contributed by atoms with van der Waals surface area (Å²) in [5.41, 5.74) is 7.32. The number of fused-ring (bicyclic) bond motifs is 1. The number of hydrogen-bond donors (Lipinski definition) is 1. The molecule has 3 aromatic rings. The Morgan fingerprint density at radius 3 is 2.86 bits per heavy atom. The Bertz CT molecular complexity index is 709. The van der Waals surface area contributed by atoms with Gasteiger partial charge in [0.2, 0.25) is 0 Å². The maximum Gasteiger partial charge on any atom is 0.0954 e. The van der Waals surface area contributed by atoms with Crippen LogP contribution in [0.2, 0.25) is 0 Å². The van der Waals surface area contributed by atoms with Gasteiger partial charge in [0.05, 0.1) is 15.2 Å². The van der Waals surface area contributed by atoms with Gasteiger partial charge in [-0.1, -0.05) is 34.1 Å². The van der Waals surface area contributed by atoms with Crippen LogP contribution in [-0.4, -0.2) is 16.8 Å². The minimum absolute atomic E-state index is 0.120. The molecule has 0 saturated carbocycles. The van der Waals surface area contributed by atoms with Crippen molar-refractivity contribution < 1.29 is 0 Å². The first-order valence-corrected chi connectivity index (χ1v) is 9.28. The zero-order valence-corrected chi connectivity index (χ0v) is 14.5. The highest BCUT2D eigenvalue weighted by atomic mass is 79.9. The van der Waals surface area contributed by atoms with Crippen LogP contribution in [0.15, 0.2) is 57.9 Å². The van der Waals surface area contributed by atoms with Crippen molar-refractivity contribution in [3.05, 3.63) is 58.0 Å². The molecule has 2 N–H and O–H groups in total. The average molecular weight is 379 g/mol. The van der Waals surface area contributed by atoms with E-state index >= 15 is 0 Å². The van der Waals surface area contributed by atoms with E-state index in [1.165, 1.54) is 9.60 Å². The van der Waals surface area contributed by atoms with Crippen molar-refractivity contribution in [1.29, 1.82) is 0 Å². The molecule has 0 saturated heterocycles. The number of nitrogens with two attached hydrogens (primary N) is 1. The van der Waals surface area contributed by atoms with E-state index in [0.717, 1.165) is 27.2 Å². The molecule has 0 radical (unpaired) electrons. The zero-order valence-electron chi connectivity index (χ0n) is 11.3. The molecule has 5 heteroatoms. The lowest BCUT2D eigenvalue weighted by atomic mass is 10.2. The van der Waals surface area contributed by atoms with Crippen LogP contribution in [0.3, 0.4) is 0 Å². The summed E-state index contributed by atoms with van der Waals surface area (Å²) in [5, 5.41) is 1.12. The van der Waals surface area contributed by atoms with E-state index in [2.05, 4.69) is 45.2 Å². The Balaban J connectivity index is 1.59. The second-order valence-corrected chi connectivity index (χ2v) is 7.93. The van der Waals surface area contributed by atoms with E-state index in [0.29, 0.717) is 0 Å². The number of nitrogens with zero attached hydrogens (tertiary/aromatic N) is 1. The molecular formula is C16H15BrN2S2. The number of aromatic nitrogens is 1. The van der Waals surface area contributed by atoms with Gasteiger partial charge in [-0.2, -0.15) is 0 Å². The molecule has 1 atom stereocenters. The van der Waals surface area contributed by atoms with Gasteiger partial charge in [-0.25, -0.2) is 4.98 Å². The molecule has 0 aliphatic rings. The normalized spacial score (nSPS) is 12.7. The van der Waals surface area contributed by atoms with Crippen molar-refractivity contribution in [2.75, 3.05) is 5.75 Å². The SMILES string of the molecule is NC(CSc1cccc(Br)c1)Cc1nc2ccccc2s1. The molecule has 0 fully saturated rings. The minimum Gasteiger partial charge on any atom is -0.327 e. The first-order chi connectivity index (χ1) is 10.2. The number of benzene rings is 2. The van der Waals surface area contributed by atoms with Gasteiger partial charge in [-0.05, 0) is 30.3 Å². The molecule has 2 nitrogen and oxygen atoms in total. The van der Waals surface area contributed by atoms with Gasteiger partial charge in [0.25, 0.3) is 0 Å². The lowest BCUT2D eigenvalue weighted by Gasteiger charge is -2.09. The molecule has 0 aliphatic heterocycles. The highest BCUT2D eigenvalue weighted by molar-refractivity contribution is 9.10. The largest absolute Gasteiger partial charge is 0.327 e. The molecule has 108 valence electrons. The maximum absolute atomic E-state index is 6.25. The highest BCUT2D eigenvalue weighted by Crippen LogP contribution is 2.25. The molecule has 0 aliphatic carbocycles. The second-order valence-electron chi connectivity index (χ2n) is 4.81. The summed E-state index contributed by atoms with van der Waals surface area (Å²) in [6.07, 6.45) is 0.834. The van der Waals surface area contributed by atoms with Crippen molar-refractivity contribution >= 4 is 49.2 Å². The minimum atomic E-state index is 0.120. The molecule has 2 aromatic carbocycles. The predicted molar refractivity (Wildman–Crippen MR) is 96.2 cm³/mol. The fourth-order valence-electron chi connectivity index (χ4n) is 2.05. The van der Waals surface area contributed by atoms with Gasteiger partial charge < -0.3 is 5.73 Å². The molecule has 3 rings (SSSR count). The van der Waals surface area contributed by atoms with Gasteiger partial charge in [0, 0.05) is 27.6 Å². The van der Waals surface area contributed by atoms with E-state index in [-0.39, 0.29) is 6.04 Å². The van der Waals surface area contributed by atoms with Crippen molar-refractivity contribution in [3.8, 4) is 0 Å². The summed E-state index contributed by atoms with van der Waals surface area (Å²) >= 11 is 7.02. The smallest absolute Gasteiger partial charge is 0.0954 e. The molecule has 1 heterocycles. The molecule has 0 amide bonds. The monoisotopic (exact) mass is 378 g/mol. The number of halogens is 1. The van der Waals surface area contributed by atoms with Crippen LogP contribution in [0.4, 0.5) is 0 Å². The molecule has 1 aromatic heterocycles. The van der Waals surface area contributed by atoms with Crippen LogP contribution in [0, 0.1) is 0 Å². The summed E-state index contributed by atoms with van der Waals surface area (Å²) in [4.78, 5) is 5.88. The number of para-hydroxylation sites is 1. The van der Waals surface area contributed by atoms with Crippen LogP contribution >= 0.6 is 39.0 Å². The molecule has 1 unspecified atom stereocenters. The Hall–Kier alpha value is -0.880. The van der Waals surface area contributed by atoms with E-state index in [1.54, 1.807) is 23.1 Å². The molecular weight excluding hydrogens is 364 g/mol. The Morgan fingerprint density at radius 1 is 1.19 bits per heavy atom. The summed E-state index contributed by atoms with van der Waals surface area (Å²) in [5.74, 6) is 0.895. The predicted octanol–water partition coefficient (Wildman–Crippen LogP) is 4.72. The second kappa shape index (κ2) is 6.92. The molecule has 0 spiro atoms. The summed E-state index contributed by atoms with van der Waals surface area (Å²) in [6.45, 7) is 0. The third-order valence-corrected chi connectivity index (χ3v) is 5.77. The van der Waals surface area contributed by atoms with Crippen LogP contribution in [0.5, 0.6) is 0 Å². The Labute approximate surface area is 140 Å². The Kier molecular flexibility index (Phi) is 4.95. The molecule has 0 bridgehead atoms. The highest BCUT2D eigenvalue weighted by Gasteiger charge is 2.09. The third-order valence-electron chi connectivity index (χ3n) is 3.04. The first kappa shape index (κ1) is 15.0. The van der Waals surface area contributed by atoms with Crippen LogP contribution in [0.25, 0.3) is 10.2 Å². The van der Waals surface area contributed by atoms with E-state index < -0.39 is 0 Å². The van der Waals surface area contributed by atoms with E-state index in [9.17, 15) is 0 Å². The number of rotatable bonds is 5. The number of hydrogen-bond acceptors (Lipinski definition) is 4. The lowest BCUT2D eigenvalue weighted by Crippen LogP contribution is -2.25. The van der Waals surface area contributed by atoms with Crippen LogP contribution < -0.4 is 5.73 Å². The summed E-state index contributed by atoms with van der Waals surface area (Å²) < 4.78 is 2.34. The van der Waals surface area contributed by atoms with Crippen molar-refractivity contribution in [2.45, 2.75) is 17.4 Å². The van der Waals surface area contributed by atoms with Crippen LogP contribution in [-0.2, 0) is 6.42 Å². The summed E-state index contributed by atoms with van der Waals surface area (Å²) in [6, 6.07) is 16.7. The number of thioether (sulfide) groups is 1. The first-order valence-electron chi connectivity index (χ1n) is 6.69. The van der Waals surface area contributed by atoms with Crippen molar-refractivity contribution in [2.24, 2.45) is 5.73 Å². The van der Waals surface area contributed by atoms with E-state index in [4.69, 9.17) is 5.73 Å². The summed E-state index contributed by atoms with van der Waals surface area (Å²) in [7, 11) is 0.